The van der Waals surface area contributed by atoms with E-state index >= 15 is 0 Å². The van der Waals surface area contributed by atoms with Gasteiger partial charge >= 0.3 is 6.18 Å². The van der Waals surface area contributed by atoms with Crippen molar-refractivity contribution in [2.24, 2.45) is 0 Å². The first-order valence-electron chi connectivity index (χ1n) is 9.93. The molecule has 1 unspecified atom stereocenters. The maximum absolute atomic E-state index is 13.4. The molecule has 0 fully saturated rings. The number of carbonyl (C=O) groups is 1. The topological polar surface area (TPSA) is 84.0 Å². The number of halogens is 4. The number of fused-ring (bicyclic) bond motifs is 1. The normalized spacial score (nSPS) is 14.4. The van der Waals surface area contributed by atoms with Crippen LogP contribution >= 0.6 is 11.6 Å². The number of ether oxygens (including phenoxy) is 1. The first-order valence-corrected chi connectivity index (χ1v) is 10.3. The number of hydrogen-bond donors (Lipinski definition) is 0. The highest BCUT2D eigenvalue weighted by atomic mass is 35.5. The minimum atomic E-state index is -4.64. The fraction of sp³-hybridized carbons (Fsp3) is 0.273. The summed E-state index contributed by atoms with van der Waals surface area (Å²) in [6.45, 7) is 1.27. The van der Waals surface area contributed by atoms with Gasteiger partial charge in [0.25, 0.3) is 5.91 Å². The highest BCUT2D eigenvalue weighted by Gasteiger charge is 2.39. The lowest BCUT2D eigenvalue weighted by molar-refractivity contribution is -0.189. The average molecular weight is 476 g/mol. The zero-order valence-electron chi connectivity index (χ0n) is 17.3. The number of carbonyl (C=O) groups excluding carboxylic acids is 1. The van der Waals surface area contributed by atoms with Crippen molar-refractivity contribution in [3.05, 3.63) is 70.1 Å². The van der Waals surface area contributed by atoms with Gasteiger partial charge in [-0.1, -0.05) is 17.7 Å². The molecular weight excluding hydrogens is 459 g/mol. The summed E-state index contributed by atoms with van der Waals surface area (Å²) in [5, 5.41) is 13.5. The van der Waals surface area contributed by atoms with Crippen molar-refractivity contribution in [3.8, 4) is 17.6 Å². The fourth-order valence-electron chi connectivity index (χ4n) is 3.45. The van der Waals surface area contributed by atoms with Crippen molar-refractivity contribution in [2.75, 3.05) is 6.54 Å². The van der Waals surface area contributed by atoms with E-state index in [1.807, 2.05) is 12.1 Å². The highest BCUT2D eigenvalue weighted by molar-refractivity contribution is 6.35. The number of rotatable bonds is 4. The Labute approximate surface area is 192 Å². The molecule has 1 aliphatic rings. The van der Waals surface area contributed by atoms with Gasteiger partial charge in [0.05, 0.1) is 16.3 Å². The van der Waals surface area contributed by atoms with Gasteiger partial charge < -0.3 is 9.64 Å². The molecule has 1 amide bonds. The second-order valence-electron chi connectivity index (χ2n) is 7.42. The smallest absolute Gasteiger partial charge is 0.425 e. The van der Waals surface area contributed by atoms with Crippen LogP contribution in [0.3, 0.4) is 0 Å². The van der Waals surface area contributed by atoms with E-state index in [-0.39, 0.29) is 35.0 Å². The minimum Gasteiger partial charge on any atom is -0.480 e. The zero-order valence-corrected chi connectivity index (χ0v) is 18.1. The summed E-state index contributed by atoms with van der Waals surface area (Å²) in [5.74, 6) is -0.340. The lowest BCUT2D eigenvalue weighted by Gasteiger charge is -2.28. The summed E-state index contributed by atoms with van der Waals surface area (Å²) < 4.78 is 45.8. The van der Waals surface area contributed by atoms with Crippen LogP contribution in [0.15, 0.2) is 42.7 Å². The molecule has 11 heteroatoms. The summed E-state index contributed by atoms with van der Waals surface area (Å²) in [5.41, 5.74) is 1.27. The molecule has 0 N–H and O–H groups in total. The van der Waals surface area contributed by atoms with Crippen LogP contribution in [0.1, 0.15) is 34.1 Å². The van der Waals surface area contributed by atoms with Crippen LogP contribution in [0.4, 0.5) is 13.2 Å². The van der Waals surface area contributed by atoms with Crippen LogP contribution in [-0.2, 0) is 13.0 Å². The van der Waals surface area contributed by atoms with Crippen molar-refractivity contribution in [1.82, 2.24) is 19.7 Å². The highest BCUT2D eigenvalue weighted by Crippen LogP contribution is 2.35. The van der Waals surface area contributed by atoms with E-state index in [4.69, 9.17) is 16.3 Å². The Morgan fingerprint density at radius 1 is 1.30 bits per heavy atom. The van der Waals surface area contributed by atoms with Crippen molar-refractivity contribution in [1.29, 1.82) is 5.26 Å². The van der Waals surface area contributed by atoms with E-state index in [0.29, 0.717) is 12.2 Å². The lowest BCUT2D eigenvalue weighted by Crippen LogP contribution is -2.37. The molecule has 7 nitrogen and oxygen atoms in total. The fourth-order valence-corrected chi connectivity index (χ4v) is 3.73. The number of benzene rings is 1. The molecule has 1 aromatic carbocycles. The van der Waals surface area contributed by atoms with Gasteiger partial charge in [0.2, 0.25) is 0 Å². The molecule has 0 saturated carbocycles. The van der Waals surface area contributed by atoms with Crippen LogP contribution in [0.5, 0.6) is 5.75 Å². The molecule has 170 valence electrons. The maximum atomic E-state index is 13.4. The van der Waals surface area contributed by atoms with Crippen molar-refractivity contribution >= 4 is 17.5 Å². The lowest BCUT2D eigenvalue weighted by atomic mass is 10.0. The second-order valence-corrected chi connectivity index (χ2v) is 7.80. The van der Waals surface area contributed by atoms with E-state index in [0.717, 1.165) is 24.2 Å². The molecule has 3 heterocycles. The largest absolute Gasteiger partial charge is 0.480 e. The van der Waals surface area contributed by atoms with Crippen LogP contribution in [-0.4, -0.2) is 44.4 Å². The predicted molar refractivity (Wildman–Crippen MR) is 112 cm³/mol. The van der Waals surface area contributed by atoms with Crippen LogP contribution < -0.4 is 4.74 Å². The quantitative estimate of drug-likeness (QED) is 0.561. The maximum Gasteiger partial charge on any atom is 0.425 e. The van der Waals surface area contributed by atoms with E-state index < -0.39 is 18.2 Å². The average Bonchev–Trinajstić information content (AvgIpc) is 3.22. The van der Waals surface area contributed by atoms with Gasteiger partial charge in [-0.15, -0.1) is 0 Å². The molecule has 33 heavy (non-hydrogen) atoms. The molecule has 4 rings (SSSR count). The third kappa shape index (κ3) is 4.50. The third-order valence-electron chi connectivity index (χ3n) is 5.23. The van der Waals surface area contributed by atoms with Crippen molar-refractivity contribution in [2.45, 2.75) is 32.2 Å². The molecular formula is C22H17ClF3N5O2. The number of amides is 1. The Morgan fingerprint density at radius 2 is 2.09 bits per heavy atom. The van der Waals surface area contributed by atoms with E-state index in [2.05, 4.69) is 10.1 Å². The Bertz CT molecular complexity index is 1240. The van der Waals surface area contributed by atoms with Gasteiger partial charge in [0.1, 0.15) is 17.4 Å². The standard InChI is InChI=1S/C22H17ClF3N5O2/c1-13(22(24,25)26)33-17-6-5-14(10-27)20(23)19(17)21(32)30-9-7-16-15(11-30)12-31(29-16)18-4-2-3-8-28-18/h2-6,8,12-13H,7,9,11H2,1H3. The molecule has 0 saturated heterocycles. The first-order chi connectivity index (χ1) is 15.7. The SMILES string of the molecule is CC(Oc1ccc(C#N)c(Cl)c1C(=O)N1CCc2nn(-c3ccccn3)cc2C1)C(F)(F)F. The van der Waals surface area contributed by atoms with Gasteiger partial charge in [0.15, 0.2) is 11.9 Å². The number of pyridine rings is 1. The Morgan fingerprint density at radius 3 is 2.76 bits per heavy atom. The molecule has 0 aliphatic carbocycles. The molecule has 1 aliphatic heterocycles. The summed E-state index contributed by atoms with van der Waals surface area (Å²) in [7, 11) is 0. The van der Waals surface area contributed by atoms with Crippen molar-refractivity contribution in [3.63, 3.8) is 0 Å². The van der Waals surface area contributed by atoms with Crippen molar-refractivity contribution < 1.29 is 22.7 Å². The summed E-state index contributed by atoms with van der Waals surface area (Å²) in [6, 6.07) is 9.63. The predicted octanol–water partition coefficient (Wildman–Crippen LogP) is 4.32. The van der Waals surface area contributed by atoms with Gasteiger partial charge in [0, 0.05) is 37.5 Å². The van der Waals surface area contributed by atoms with Gasteiger partial charge in [-0.25, -0.2) is 9.67 Å². The Balaban J connectivity index is 1.65. The van der Waals surface area contributed by atoms with Gasteiger partial charge in [-0.3, -0.25) is 4.79 Å². The Hall–Kier alpha value is -3.58. The number of alkyl halides is 3. The third-order valence-corrected chi connectivity index (χ3v) is 5.62. The summed E-state index contributed by atoms with van der Waals surface area (Å²) in [6.07, 6.45) is -2.98. The van der Waals surface area contributed by atoms with Crippen LogP contribution in [0.2, 0.25) is 5.02 Å². The molecule has 1 atom stereocenters. The van der Waals surface area contributed by atoms with E-state index in [1.54, 1.807) is 29.2 Å². The monoisotopic (exact) mass is 475 g/mol. The second kappa shape index (κ2) is 8.75. The zero-order chi connectivity index (χ0) is 23.8. The molecule has 0 radical (unpaired) electrons. The number of hydrogen-bond acceptors (Lipinski definition) is 5. The molecule has 0 bridgehead atoms. The van der Waals surface area contributed by atoms with Gasteiger partial charge in [-0.2, -0.15) is 23.5 Å². The van der Waals surface area contributed by atoms with Crippen LogP contribution in [0, 0.1) is 11.3 Å². The summed E-state index contributed by atoms with van der Waals surface area (Å²) in [4.78, 5) is 19.1. The Kier molecular flexibility index (Phi) is 5.99. The number of nitrogens with zero attached hydrogens (tertiary/aromatic N) is 5. The minimum absolute atomic E-state index is 0.0345. The first kappa shape index (κ1) is 22.6. The molecule has 0 spiro atoms. The van der Waals surface area contributed by atoms with E-state index in [1.165, 1.54) is 11.0 Å². The molecule has 3 aromatic rings. The van der Waals surface area contributed by atoms with E-state index in [9.17, 15) is 23.2 Å². The number of nitriles is 1. The molecule has 2 aromatic heterocycles. The van der Waals surface area contributed by atoms with Crippen LogP contribution in [0.25, 0.3) is 5.82 Å². The van der Waals surface area contributed by atoms with Gasteiger partial charge in [-0.05, 0) is 31.2 Å². The summed E-state index contributed by atoms with van der Waals surface area (Å²) >= 11 is 6.25. The number of aromatic nitrogens is 3.